The van der Waals surface area contributed by atoms with E-state index in [2.05, 4.69) is 9.51 Å². The zero-order valence-electron chi connectivity index (χ0n) is 12.1. The van der Waals surface area contributed by atoms with Gasteiger partial charge in [0.2, 0.25) is 0 Å². The number of phosphoric ester groups is 1. The van der Waals surface area contributed by atoms with Gasteiger partial charge >= 0.3 is 7.82 Å². The molecule has 4 atom stereocenters. The molecule has 1 amide bonds. The first kappa shape index (κ1) is 18.5. The molecule has 1 aromatic heterocycles. The Morgan fingerprint density at radius 2 is 2.17 bits per heavy atom. The van der Waals surface area contributed by atoms with Crippen LogP contribution in [0.1, 0.15) is 22.4 Å². The molecule has 1 aromatic rings. The molecule has 6 N–H and O–H groups in total. The topological polar surface area (TPSA) is 201 Å². The van der Waals surface area contributed by atoms with Crippen molar-refractivity contribution in [3.63, 3.8) is 0 Å². The molecular weight excluding hydrogens is 347 g/mol. The lowest BCUT2D eigenvalue weighted by atomic mass is 10.1. The number of aliphatic hydroxyl groups excluding tert-OH is 2. The Morgan fingerprint density at radius 1 is 1.50 bits per heavy atom. The predicted octanol–water partition coefficient (Wildman–Crippen LogP) is -2.22. The first-order chi connectivity index (χ1) is 11.2. The van der Waals surface area contributed by atoms with E-state index in [-0.39, 0.29) is 17.8 Å². The van der Waals surface area contributed by atoms with Crippen molar-refractivity contribution in [2.24, 2.45) is 5.73 Å². The molecule has 0 saturated carbocycles. The van der Waals surface area contributed by atoms with Crippen molar-refractivity contribution < 1.29 is 38.6 Å². The zero-order valence-corrected chi connectivity index (χ0v) is 13.0. The Kier molecular flexibility index (Phi) is 5.36. The number of hydrogen-bond donors (Lipinski definition) is 5. The van der Waals surface area contributed by atoms with Crippen LogP contribution in [0.3, 0.4) is 0 Å². The van der Waals surface area contributed by atoms with E-state index in [1.807, 2.05) is 6.07 Å². The molecule has 24 heavy (non-hydrogen) atoms. The van der Waals surface area contributed by atoms with Crippen LogP contribution in [0.15, 0.2) is 6.33 Å². The minimum absolute atomic E-state index is 0.0813. The summed E-state index contributed by atoms with van der Waals surface area (Å²) in [4.78, 5) is 32.4. The smallest absolute Gasteiger partial charge is 0.387 e. The number of hydrogen-bond acceptors (Lipinski definition) is 8. The molecule has 12 nitrogen and oxygen atoms in total. The third kappa shape index (κ3) is 3.80. The second-order valence-corrected chi connectivity index (χ2v) is 6.22. The SMILES string of the molecule is N#CCc1c(C(N)=O)ncn1[C@@H]1O[C@H](COP(=O)(O)O)[C@@H](O)[C@H]1O. The van der Waals surface area contributed by atoms with Crippen LogP contribution in [0.5, 0.6) is 0 Å². The van der Waals surface area contributed by atoms with Crippen molar-refractivity contribution in [3.05, 3.63) is 17.7 Å². The van der Waals surface area contributed by atoms with Crippen LogP contribution in [0, 0.1) is 11.3 Å². The van der Waals surface area contributed by atoms with E-state index in [9.17, 15) is 19.6 Å². The lowest BCUT2D eigenvalue weighted by Gasteiger charge is -2.18. The van der Waals surface area contributed by atoms with Crippen LogP contribution in [-0.4, -0.2) is 60.4 Å². The van der Waals surface area contributed by atoms with Gasteiger partial charge in [-0.25, -0.2) is 9.55 Å². The number of aliphatic hydroxyl groups is 2. The van der Waals surface area contributed by atoms with Crippen molar-refractivity contribution in [1.29, 1.82) is 5.26 Å². The van der Waals surface area contributed by atoms with Crippen LogP contribution >= 0.6 is 7.82 Å². The molecule has 1 aliphatic rings. The average molecular weight is 362 g/mol. The van der Waals surface area contributed by atoms with E-state index in [0.717, 1.165) is 10.9 Å². The summed E-state index contributed by atoms with van der Waals surface area (Å²) in [7, 11) is -4.78. The molecule has 1 fully saturated rings. The van der Waals surface area contributed by atoms with Gasteiger partial charge in [-0.2, -0.15) is 5.26 Å². The number of phosphoric acid groups is 1. The predicted molar refractivity (Wildman–Crippen MR) is 74.0 cm³/mol. The van der Waals surface area contributed by atoms with Gasteiger partial charge in [0.15, 0.2) is 6.23 Å². The number of rotatable bonds is 6. The van der Waals surface area contributed by atoms with Gasteiger partial charge in [-0.15, -0.1) is 0 Å². The van der Waals surface area contributed by atoms with Crippen molar-refractivity contribution in [3.8, 4) is 6.07 Å². The van der Waals surface area contributed by atoms with Crippen LogP contribution in [0.25, 0.3) is 0 Å². The molecule has 0 aromatic carbocycles. The fourth-order valence-corrected chi connectivity index (χ4v) is 2.67. The lowest BCUT2D eigenvalue weighted by Crippen LogP contribution is -2.33. The number of primary amides is 1. The Labute approximate surface area is 135 Å². The van der Waals surface area contributed by atoms with Gasteiger partial charge in [-0.05, 0) is 0 Å². The Hall–Kier alpha value is -1.84. The minimum Gasteiger partial charge on any atom is -0.387 e. The van der Waals surface area contributed by atoms with Crippen molar-refractivity contribution in [1.82, 2.24) is 9.55 Å². The van der Waals surface area contributed by atoms with Crippen LogP contribution in [0.4, 0.5) is 0 Å². The van der Waals surface area contributed by atoms with Gasteiger partial charge in [0.25, 0.3) is 5.91 Å². The highest BCUT2D eigenvalue weighted by molar-refractivity contribution is 7.46. The van der Waals surface area contributed by atoms with Crippen molar-refractivity contribution in [2.75, 3.05) is 6.61 Å². The maximum atomic E-state index is 11.3. The van der Waals surface area contributed by atoms with Gasteiger partial charge in [-0.3, -0.25) is 9.32 Å². The van der Waals surface area contributed by atoms with Crippen molar-refractivity contribution >= 4 is 13.7 Å². The molecule has 0 bridgehead atoms. The molecule has 2 heterocycles. The monoisotopic (exact) mass is 362 g/mol. The first-order valence-electron chi connectivity index (χ1n) is 6.60. The van der Waals surface area contributed by atoms with Crippen LogP contribution in [-0.2, 0) is 20.2 Å². The number of carbonyl (C=O) groups is 1. The maximum Gasteiger partial charge on any atom is 0.469 e. The van der Waals surface area contributed by atoms with Crippen LogP contribution < -0.4 is 5.73 Å². The third-order valence-electron chi connectivity index (χ3n) is 3.39. The van der Waals surface area contributed by atoms with Crippen molar-refractivity contribution in [2.45, 2.75) is 31.0 Å². The molecule has 13 heteroatoms. The highest BCUT2D eigenvalue weighted by Gasteiger charge is 2.45. The molecule has 0 radical (unpaired) electrons. The van der Waals surface area contributed by atoms with Gasteiger partial charge < -0.3 is 35.0 Å². The molecule has 0 spiro atoms. The second kappa shape index (κ2) is 6.96. The quantitative estimate of drug-likeness (QED) is 0.345. The molecule has 2 rings (SSSR count). The molecule has 0 unspecified atom stereocenters. The highest BCUT2D eigenvalue weighted by Crippen LogP contribution is 2.38. The first-order valence-corrected chi connectivity index (χ1v) is 8.13. The lowest BCUT2D eigenvalue weighted by molar-refractivity contribution is -0.0530. The zero-order chi connectivity index (χ0) is 18.1. The molecular formula is C11H15N4O8P. The Morgan fingerprint density at radius 3 is 2.71 bits per heavy atom. The summed E-state index contributed by atoms with van der Waals surface area (Å²) in [5.41, 5.74) is 5.06. The largest absolute Gasteiger partial charge is 0.469 e. The summed E-state index contributed by atoms with van der Waals surface area (Å²) >= 11 is 0. The standard InChI is InChI=1S/C11H15N4O8P/c12-2-1-5-7(10(13)18)14-4-15(5)11-9(17)8(16)6(23-11)3-22-24(19,20)21/h4,6,8-9,11,16-17H,1,3H2,(H2,13,18)(H2,19,20,21)/t6-,8-,9-,11-/m1/s1. The van der Waals surface area contributed by atoms with Gasteiger partial charge in [0.05, 0.1) is 31.1 Å². The number of carbonyl (C=O) groups excluding carboxylic acids is 1. The summed E-state index contributed by atoms with van der Waals surface area (Å²) in [5, 5.41) is 28.9. The number of nitriles is 1. The number of nitrogens with zero attached hydrogens (tertiary/aromatic N) is 3. The molecule has 1 aliphatic heterocycles. The highest BCUT2D eigenvalue weighted by atomic mass is 31.2. The minimum atomic E-state index is -4.78. The van der Waals surface area contributed by atoms with Gasteiger partial charge in [-0.1, -0.05) is 0 Å². The van der Waals surface area contributed by atoms with E-state index in [0.29, 0.717) is 0 Å². The molecule has 132 valence electrons. The summed E-state index contributed by atoms with van der Waals surface area (Å²) in [6.07, 6.45) is -4.66. The molecule has 1 saturated heterocycles. The van der Waals surface area contributed by atoms with E-state index in [1.165, 1.54) is 0 Å². The van der Waals surface area contributed by atoms with Gasteiger partial charge in [0, 0.05) is 0 Å². The summed E-state index contributed by atoms with van der Waals surface area (Å²) in [6.45, 7) is -0.677. The number of amides is 1. The number of aromatic nitrogens is 2. The fraction of sp³-hybridized carbons (Fsp3) is 0.545. The van der Waals surface area contributed by atoms with Gasteiger partial charge in [0.1, 0.15) is 24.0 Å². The Bertz CT molecular complexity index is 709. The fourth-order valence-electron chi connectivity index (χ4n) is 2.33. The average Bonchev–Trinajstić information content (AvgIpc) is 3.00. The number of imidazole rings is 1. The van der Waals surface area contributed by atoms with E-state index in [1.54, 1.807) is 0 Å². The number of ether oxygens (including phenoxy) is 1. The summed E-state index contributed by atoms with van der Waals surface area (Å²) in [5.74, 6) is -0.881. The van der Waals surface area contributed by atoms with E-state index < -0.39 is 44.9 Å². The summed E-state index contributed by atoms with van der Waals surface area (Å²) < 4.78 is 21.5. The van der Waals surface area contributed by atoms with E-state index in [4.69, 9.17) is 25.5 Å². The maximum absolute atomic E-state index is 11.3. The van der Waals surface area contributed by atoms with Crippen LogP contribution in [0.2, 0.25) is 0 Å². The molecule has 0 aliphatic carbocycles. The Balaban J connectivity index is 2.25. The van der Waals surface area contributed by atoms with E-state index >= 15 is 0 Å². The third-order valence-corrected chi connectivity index (χ3v) is 3.88. The summed E-state index contributed by atoms with van der Waals surface area (Å²) in [6, 6.07) is 1.82. The second-order valence-electron chi connectivity index (χ2n) is 4.98. The normalized spacial score (nSPS) is 27.1. The number of nitrogens with two attached hydrogens (primary N) is 1.